The average Bonchev–Trinajstić information content (AvgIpc) is 1.99. The Morgan fingerprint density at radius 2 is 1.94 bits per heavy atom. The summed E-state index contributed by atoms with van der Waals surface area (Å²) in [7, 11) is 0. The van der Waals surface area contributed by atoms with Crippen molar-refractivity contribution in [2.45, 2.75) is 39.7 Å². The van der Waals surface area contributed by atoms with E-state index in [9.17, 15) is 9.59 Å². The van der Waals surface area contributed by atoms with Crippen LogP contribution in [0.15, 0.2) is 0 Å². The Hall–Kier alpha value is -1.57. The van der Waals surface area contributed by atoms with Crippen molar-refractivity contribution in [3.63, 3.8) is 0 Å². The van der Waals surface area contributed by atoms with Crippen molar-refractivity contribution in [2.24, 2.45) is 17.6 Å². The van der Waals surface area contributed by atoms with Crippen LogP contribution in [0.5, 0.6) is 0 Å². The number of carbonyl (C=O) groups excluding carboxylic acids is 2. The van der Waals surface area contributed by atoms with E-state index in [1.807, 2.05) is 6.07 Å². The molecule has 0 saturated carbocycles. The lowest BCUT2D eigenvalue weighted by Crippen LogP contribution is -2.48. The summed E-state index contributed by atoms with van der Waals surface area (Å²) < 4.78 is 0. The molecule has 0 aliphatic rings. The molecule has 0 rings (SSSR count). The van der Waals surface area contributed by atoms with Gasteiger partial charge in [0.2, 0.25) is 11.8 Å². The maximum Gasteiger partial charge on any atom is 0.238 e. The molecule has 16 heavy (non-hydrogen) atoms. The van der Waals surface area contributed by atoms with Gasteiger partial charge in [-0.2, -0.15) is 5.26 Å². The van der Waals surface area contributed by atoms with Gasteiger partial charge in [-0.3, -0.25) is 9.59 Å². The predicted octanol–water partition coefficient (Wildman–Crippen LogP) is 0.552. The molecular formula is C11H19N3O2. The van der Waals surface area contributed by atoms with E-state index >= 15 is 0 Å². The Labute approximate surface area is 96.0 Å². The monoisotopic (exact) mass is 225 g/mol. The summed E-state index contributed by atoms with van der Waals surface area (Å²) in [5, 5.41) is 11.5. The van der Waals surface area contributed by atoms with Crippen molar-refractivity contribution in [2.75, 3.05) is 0 Å². The number of carbonyl (C=O) groups is 2. The van der Waals surface area contributed by atoms with Gasteiger partial charge in [0.05, 0.1) is 6.07 Å². The van der Waals surface area contributed by atoms with Crippen LogP contribution in [0.3, 0.4) is 0 Å². The lowest BCUT2D eigenvalue weighted by atomic mass is 9.93. The zero-order valence-electron chi connectivity index (χ0n) is 10.2. The van der Waals surface area contributed by atoms with E-state index in [1.165, 1.54) is 0 Å². The molecular weight excluding hydrogens is 206 g/mol. The molecule has 0 bridgehead atoms. The molecule has 1 atom stereocenters. The second-order valence-corrected chi connectivity index (χ2v) is 4.87. The van der Waals surface area contributed by atoms with Crippen LogP contribution in [0, 0.1) is 23.2 Å². The minimum Gasteiger partial charge on any atom is -0.370 e. The topological polar surface area (TPSA) is 96.0 Å². The van der Waals surface area contributed by atoms with Crippen LogP contribution in [-0.4, -0.2) is 17.4 Å². The van der Waals surface area contributed by atoms with Gasteiger partial charge in [-0.15, -0.1) is 0 Å². The van der Waals surface area contributed by atoms with Crippen molar-refractivity contribution in [1.82, 2.24) is 5.32 Å². The molecule has 5 heteroatoms. The quantitative estimate of drug-likeness (QED) is 0.715. The summed E-state index contributed by atoms with van der Waals surface area (Å²) in [4.78, 5) is 22.5. The molecule has 0 aromatic carbocycles. The van der Waals surface area contributed by atoms with E-state index in [-0.39, 0.29) is 18.2 Å². The molecule has 5 nitrogen and oxygen atoms in total. The number of nitrogens with zero attached hydrogens (tertiary/aromatic N) is 1. The highest BCUT2D eigenvalue weighted by Gasteiger charge is 2.28. The summed E-state index contributed by atoms with van der Waals surface area (Å²) >= 11 is 0. The summed E-state index contributed by atoms with van der Waals surface area (Å²) in [6.45, 7) is 7.00. The van der Waals surface area contributed by atoms with Gasteiger partial charge in [0.25, 0.3) is 0 Å². The molecule has 90 valence electrons. The highest BCUT2D eigenvalue weighted by Crippen LogP contribution is 2.14. The zero-order valence-corrected chi connectivity index (χ0v) is 10.2. The first-order chi connectivity index (χ1) is 7.19. The average molecular weight is 225 g/mol. The molecule has 0 fully saturated rings. The minimum atomic E-state index is -0.715. The predicted molar refractivity (Wildman–Crippen MR) is 60.0 cm³/mol. The summed E-state index contributed by atoms with van der Waals surface area (Å²) in [6, 6.07) is 1.95. The number of nitriles is 1. The molecule has 0 spiro atoms. The third kappa shape index (κ3) is 4.78. The van der Waals surface area contributed by atoms with Crippen LogP contribution in [0.25, 0.3) is 0 Å². The first kappa shape index (κ1) is 14.4. The fourth-order valence-corrected chi connectivity index (χ4v) is 1.40. The Balaban J connectivity index is 4.55. The third-order valence-electron chi connectivity index (χ3n) is 2.17. The van der Waals surface area contributed by atoms with Gasteiger partial charge < -0.3 is 11.1 Å². The van der Waals surface area contributed by atoms with E-state index in [1.54, 1.807) is 27.7 Å². The summed E-state index contributed by atoms with van der Waals surface area (Å²) in [5.41, 5.74) is 4.35. The molecule has 0 aromatic rings. The zero-order chi connectivity index (χ0) is 12.9. The number of nitrogens with one attached hydrogen (secondary N) is 1. The van der Waals surface area contributed by atoms with Gasteiger partial charge in [-0.05, 0) is 19.8 Å². The number of nitrogens with two attached hydrogens (primary N) is 1. The van der Waals surface area contributed by atoms with Crippen molar-refractivity contribution < 1.29 is 9.59 Å². The van der Waals surface area contributed by atoms with E-state index in [0.29, 0.717) is 0 Å². The third-order valence-corrected chi connectivity index (χ3v) is 2.17. The number of primary amides is 1. The van der Waals surface area contributed by atoms with Crippen LogP contribution >= 0.6 is 0 Å². The Morgan fingerprint density at radius 1 is 1.44 bits per heavy atom. The minimum absolute atomic E-state index is 0.0506. The molecule has 0 aromatic heterocycles. The molecule has 3 N–H and O–H groups in total. The van der Waals surface area contributed by atoms with E-state index in [0.717, 1.165) is 0 Å². The van der Waals surface area contributed by atoms with Crippen molar-refractivity contribution in [3.05, 3.63) is 0 Å². The fraction of sp³-hybridized carbons (Fsp3) is 0.727. The van der Waals surface area contributed by atoms with Crippen molar-refractivity contribution in [3.8, 4) is 6.07 Å². The molecule has 1 unspecified atom stereocenters. The molecule has 0 saturated heterocycles. The molecule has 0 heterocycles. The number of amides is 2. The highest BCUT2D eigenvalue weighted by molar-refractivity contribution is 5.83. The fourth-order valence-electron chi connectivity index (χ4n) is 1.40. The Bertz CT molecular complexity index is 316. The lowest BCUT2D eigenvalue weighted by molar-refractivity contribution is -0.126. The van der Waals surface area contributed by atoms with Crippen LogP contribution in [-0.2, 0) is 9.59 Å². The van der Waals surface area contributed by atoms with Gasteiger partial charge in [-0.25, -0.2) is 0 Å². The molecule has 0 radical (unpaired) electrons. The van der Waals surface area contributed by atoms with Crippen LogP contribution < -0.4 is 11.1 Å². The van der Waals surface area contributed by atoms with Gasteiger partial charge in [-0.1, -0.05) is 13.8 Å². The Kier molecular flexibility index (Phi) is 4.96. The van der Waals surface area contributed by atoms with E-state index < -0.39 is 17.4 Å². The lowest BCUT2D eigenvalue weighted by Gasteiger charge is -2.26. The summed E-state index contributed by atoms with van der Waals surface area (Å²) in [5.74, 6) is -1.60. The van der Waals surface area contributed by atoms with Gasteiger partial charge in [0.1, 0.15) is 5.92 Å². The first-order valence-corrected chi connectivity index (χ1v) is 5.19. The molecule has 2 amide bonds. The number of hydrogen-bond acceptors (Lipinski definition) is 3. The second-order valence-electron chi connectivity index (χ2n) is 4.87. The smallest absolute Gasteiger partial charge is 0.238 e. The van der Waals surface area contributed by atoms with Gasteiger partial charge in [0, 0.05) is 12.0 Å². The molecule has 0 aliphatic heterocycles. The van der Waals surface area contributed by atoms with E-state index in [2.05, 4.69) is 5.32 Å². The second kappa shape index (κ2) is 5.50. The van der Waals surface area contributed by atoms with E-state index in [4.69, 9.17) is 11.0 Å². The van der Waals surface area contributed by atoms with Gasteiger partial charge >= 0.3 is 0 Å². The maximum absolute atomic E-state index is 11.7. The van der Waals surface area contributed by atoms with Crippen LogP contribution in [0.4, 0.5) is 0 Å². The number of rotatable bonds is 5. The SMILES string of the molecule is CC(C)C(C#N)C(=O)NC(C)(C)CC(N)=O. The molecule has 0 aliphatic carbocycles. The standard InChI is InChI=1S/C11H19N3O2/c1-7(2)8(6-12)10(16)14-11(3,4)5-9(13)15/h7-8H,5H2,1-4H3,(H2,13,15)(H,14,16). The van der Waals surface area contributed by atoms with Crippen LogP contribution in [0.2, 0.25) is 0 Å². The first-order valence-electron chi connectivity index (χ1n) is 5.19. The van der Waals surface area contributed by atoms with Gasteiger partial charge in [0.15, 0.2) is 0 Å². The van der Waals surface area contributed by atoms with Crippen LogP contribution in [0.1, 0.15) is 34.1 Å². The maximum atomic E-state index is 11.7. The Morgan fingerprint density at radius 3 is 2.25 bits per heavy atom. The number of hydrogen-bond donors (Lipinski definition) is 2. The normalized spacial score (nSPS) is 13.0. The summed E-state index contributed by atoms with van der Waals surface area (Å²) in [6.07, 6.45) is 0.0506. The highest BCUT2D eigenvalue weighted by atomic mass is 16.2. The van der Waals surface area contributed by atoms with Crippen molar-refractivity contribution in [1.29, 1.82) is 5.26 Å². The largest absolute Gasteiger partial charge is 0.370 e. The van der Waals surface area contributed by atoms with Crippen molar-refractivity contribution >= 4 is 11.8 Å².